The summed E-state index contributed by atoms with van der Waals surface area (Å²) < 4.78 is 33.9. The topological polar surface area (TPSA) is 96.0 Å². The third-order valence-corrected chi connectivity index (χ3v) is 8.38. The average molecular weight is 607 g/mol. The maximum Gasteiger partial charge on any atom is 0.264 e. The van der Waals surface area contributed by atoms with Crippen LogP contribution in [0.1, 0.15) is 33.3 Å². The molecule has 2 amide bonds. The number of hydrogen-bond donors (Lipinski definition) is 1. The van der Waals surface area contributed by atoms with E-state index in [-0.39, 0.29) is 23.0 Å². The van der Waals surface area contributed by atoms with Crippen LogP contribution in [0.2, 0.25) is 10.0 Å². The quantitative estimate of drug-likeness (QED) is 0.328. The van der Waals surface area contributed by atoms with Crippen LogP contribution in [0.25, 0.3) is 0 Å². The number of rotatable bonds is 10. The average Bonchev–Trinajstić information content (AvgIpc) is 2.89. The number of halogens is 2. The van der Waals surface area contributed by atoms with Gasteiger partial charge in [-0.3, -0.25) is 13.9 Å². The number of benzene rings is 3. The highest BCUT2D eigenvalue weighted by Crippen LogP contribution is 2.28. The summed E-state index contributed by atoms with van der Waals surface area (Å²) in [6, 6.07) is 18.1. The molecule has 0 saturated heterocycles. The van der Waals surface area contributed by atoms with E-state index in [0.717, 1.165) is 4.31 Å². The molecular weight excluding hydrogens is 573 g/mol. The van der Waals surface area contributed by atoms with Crippen molar-refractivity contribution in [2.45, 2.75) is 50.7 Å². The molecule has 0 spiro atoms. The Morgan fingerprint density at radius 1 is 0.975 bits per heavy atom. The van der Waals surface area contributed by atoms with Gasteiger partial charge in [0, 0.05) is 22.1 Å². The molecule has 40 heavy (non-hydrogen) atoms. The normalized spacial score (nSPS) is 12.4. The van der Waals surface area contributed by atoms with Crippen LogP contribution < -0.4 is 14.4 Å². The molecule has 0 bridgehead atoms. The molecule has 3 aromatic rings. The summed E-state index contributed by atoms with van der Waals surface area (Å²) >= 11 is 12.6. The minimum atomic E-state index is -4.24. The first-order valence-electron chi connectivity index (χ1n) is 12.5. The molecule has 1 atom stereocenters. The molecular formula is C29H33Cl2N3O5S. The lowest BCUT2D eigenvalue weighted by Crippen LogP contribution is -2.54. The van der Waals surface area contributed by atoms with Crippen LogP contribution in [-0.4, -0.2) is 50.4 Å². The Labute approximate surface area is 245 Å². The van der Waals surface area contributed by atoms with Gasteiger partial charge in [-0.25, -0.2) is 8.42 Å². The minimum absolute atomic E-state index is 0.0107. The van der Waals surface area contributed by atoms with Gasteiger partial charge in [-0.1, -0.05) is 47.5 Å². The molecule has 0 aliphatic rings. The molecule has 3 rings (SSSR count). The molecule has 1 N–H and O–H groups in total. The third-order valence-electron chi connectivity index (χ3n) is 5.99. The second-order valence-electron chi connectivity index (χ2n) is 10.2. The second kappa shape index (κ2) is 12.9. The summed E-state index contributed by atoms with van der Waals surface area (Å²) in [4.78, 5) is 28.4. The summed E-state index contributed by atoms with van der Waals surface area (Å²) in [5.41, 5.74) is 0.260. The molecule has 11 heteroatoms. The molecule has 0 aliphatic carbocycles. The fourth-order valence-electron chi connectivity index (χ4n) is 3.90. The van der Waals surface area contributed by atoms with E-state index >= 15 is 0 Å². The number of carbonyl (C=O) groups excluding carboxylic acids is 2. The Kier molecular flexibility index (Phi) is 10.1. The first-order chi connectivity index (χ1) is 18.7. The first-order valence-corrected chi connectivity index (χ1v) is 14.7. The van der Waals surface area contributed by atoms with Crippen molar-refractivity contribution in [3.05, 3.63) is 88.4 Å². The Hall–Kier alpha value is -3.27. The van der Waals surface area contributed by atoms with E-state index in [1.165, 1.54) is 42.3 Å². The standard InChI is InChI=1S/C29H33Cl2N3O5S/c1-20(28(36)32-29(2,3)4)33(18-21-9-6-7-12-26(21)31)27(35)19-34(23-11-8-10-22(30)17-23)40(37,38)25-15-13-24(39-5)14-16-25/h6-17,20H,18-19H2,1-5H3,(H,32,36)/t20-/m1/s1. The smallest absolute Gasteiger partial charge is 0.264 e. The van der Waals surface area contributed by atoms with Gasteiger partial charge >= 0.3 is 0 Å². The summed E-state index contributed by atoms with van der Waals surface area (Å²) in [5, 5.41) is 3.60. The van der Waals surface area contributed by atoms with Gasteiger partial charge in [-0.15, -0.1) is 0 Å². The predicted molar refractivity (Wildman–Crippen MR) is 158 cm³/mol. The van der Waals surface area contributed by atoms with Crippen LogP contribution in [0, 0.1) is 0 Å². The number of ether oxygens (including phenoxy) is 1. The van der Waals surface area contributed by atoms with Gasteiger partial charge in [-0.2, -0.15) is 0 Å². The van der Waals surface area contributed by atoms with Crippen LogP contribution in [0.15, 0.2) is 77.7 Å². The zero-order chi connectivity index (χ0) is 29.7. The van der Waals surface area contributed by atoms with Crippen molar-refractivity contribution in [1.29, 1.82) is 0 Å². The van der Waals surface area contributed by atoms with Gasteiger partial charge in [0.15, 0.2) is 0 Å². The number of anilines is 1. The first kappa shape index (κ1) is 31.3. The molecule has 0 saturated carbocycles. The summed E-state index contributed by atoms with van der Waals surface area (Å²) in [6.45, 7) is 6.49. The summed E-state index contributed by atoms with van der Waals surface area (Å²) in [7, 11) is -2.76. The van der Waals surface area contributed by atoms with Crippen molar-refractivity contribution < 1.29 is 22.7 Å². The van der Waals surface area contributed by atoms with Crippen molar-refractivity contribution in [1.82, 2.24) is 10.2 Å². The van der Waals surface area contributed by atoms with Gasteiger partial charge in [0.25, 0.3) is 10.0 Å². The lowest BCUT2D eigenvalue weighted by atomic mass is 10.1. The highest BCUT2D eigenvalue weighted by molar-refractivity contribution is 7.92. The minimum Gasteiger partial charge on any atom is -0.497 e. The largest absolute Gasteiger partial charge is 0.497 e. The second-order valence-corrected chi connectivity index (χ2v) is 12.9. The Bertz CT molecular complexity index is 1460. The Balaban J connectivity index is 2.05. The fraction of sp³-hybridized carbons (Fsp3) is 0.310. The monoisotopic (exact) mass is 605 g/mol. The number of methoxy groups -OCH3 is 1. The van der Waals surface area contributed by atoms with Crippen molar-refractivity contribution in [3.63, 3.8) is 0 Å². The van der Waals surface area contributed by atoms with E-state index in [9.17, 15) is 18.0 Å². The Morgan fingerprint density at radius 3 is 2.20 bits per heavy atom. The van der Waals surface area contributed by atoms with Gasteiger partial charge < -0.3 is 15.0 Å². The molecule has 8 nitrogen and oxygen atoms in total. The number of carbonyl (C=O) groups is 2. The van der Waals surface area contributed by atoms with Crippen LogP contribution in [0.5, 0.6) is 5.75 Å². The van der Waals surface area contributed by atoms with Gasteiger partial charge in [0.05, 0.1) is 17.7 Å². The highest BCUT2D eigenvalue weighted by atomic mass is 35.5. The van der Waals surface area contributed by atoms with Crippen molar-refractivity contribution in [2.24, 2.45) is 0 Å². The molecule has 3 aromatic carbocycles. The highest BCUT2D eigenvalue weighted by Gasteiger charge is 2.33. The Morgan fingerprint density at radius 2 is 1.62 bits per heavy atom. The van der Waals surface area contributed by atoms with E-state index < -0.39 is 34.1 Å². The van der Waals surface area contributed by atoms with Crippen molar-refractivity contribution in [3.8, 4) is 5.75 Å². The third kappa shape index (κ3) is 7.90. The maximum atomic E-state index is 14.0. The predicted octanol–water partition coefficient (Wildman–Crippen LogP) is 5.53. The zero-order valence-electron chi connectivity index (χ0n) is 23.0. The zero-order valence-corrected chi connectivity index (χ0v) is 25.3. The summed E-state index contributed by atoms with van der Waals surface area (Å²) in [6.07, 6.45) is 0. The van der Waals surface area contributed by atoms with Crippen LogP contribution in [0.3, 0.4) is 0 Å². The number of amides is 2. The van der Waals surface area contributed by atoms with Crippen LogP contribution in [0.4, 0.5) is 5.69 Å². The lowest BCUT2D eigenvalue weighted by molar-refractivity contribution is -0.140. The molecule has 0 aliphatic heterocycles. The summed E-state index contributed by atoms with van der Waals surface area (Å²) in [5.74, 6) is -0.511. The van der Waals surface area contributed by atoms with E-state index in [1.807, 2.05) is 20.8 Å². The molecule has 0 radical (unpaired) electrons. The number of sulfonamides is 1. The fourth-order valence-corrected chi connectivity index (χ4v) is 5.69. The van der Waals surface area contributed by atoms with Crippen molar-refractivity contribution in [2.75, 3.05) is 18.0 Å². The number of nitrogens with zero attached hydrogens (tertiary/aromatic N) is 2. The number of hydrogen-bond acceptors (Lipinski definition) is 5. The van der Waals surface area contributed by atoms with Crippen LogP contribution >= 0.6 is 23.2 Å². The molecule has 214 valence electrons. The van der Waals surface area contributed by atoms with Crippen molar-refractivity contribution >= 4 is 50.7 Å². The van der Waals surface area contributed by atoms with E-state index in [4.69, 9.17) is 27.9 Å². The SMILES string of the molecule is COc1ccc(S(=O)(=O)N(CC(=O)N(Cc2ccccc2Cl)[C@H](C)C(=O)NC(C)(C)C)c2cccc(Cl)c2)cc1. The van der Waals surface area contributed by atoms with Gasteiger partial charge in [-0.05, 0) is 81.8 Å². The van der Waals surface area contributed by atoms with Crippen LogP contribution in [-0.2, 0) is 26.2 Å². The number of nitrogens with one attached hydrogen (secondary N) is 1. The maximum absolute atomic E-state index is 14.0. The molecule has 0 fully saturated rings. The van der Waals surface area contributed by atoms with E-state index in [0.29, 0.717) is 21.4 Å². The van der Waals surface area contributed by atoms with E-state index in [1.54, 1.807) is 49.4 Å². The molecule has 0 aromatic heterocycles. The van der Waals surface area contributed by atoms with E-state index in [2.05, 4.69) is 5.32 Å². The van der Waals surface area contributed by atoms with Gasteiger partial charge in [0.1, 0.15) is 18.3 Å². The molecule has 0 heterocycles. The molecule has 0 unspecified atom stereocenters. The lowest BCUT2D eigenvalue weighted by Gasteiger charge is -2.33. The van der Waals surface area contributed by atoms with Gasteiger partial charge in [0.2, 0.25) is 11.8 Å².